The van der Waals surface area contributed by atoms with Gasteiger partial charge in [-0.25, -0.2) is 0 Å². The number of aromatic nitrogens is 3. The Hall–Kier alpha value is -1.65. The van der Waals surface area contributed by atoms with Crippen molar-refractivity contribution in [1.29, 1.82) is 0 Å². The minimum atomic E-state index is -0.238. The quantitative estimate of drug-likeness (QED) is 0.680. The molecule has 1 fully saturated rings. The Morgan fingerprint density at radius 3 is 2.92 bits per heavy atom. The Bertz CT molecular complexity index is 714. The molecule has 3 heterocycles. The zero-order chi connectivity index (χ0) is 18.4. The van der Waals surface area contributed by atoms with Crippen LogP contribution in [0.3, 0.4) is 0 Å². The van der Waals surface area contributed by atoms with Crippen molar-refractivity contribution in [3.63, 3.8) is 0 Å². The highest BCUT2D eigenvalue weighted by Crippen LogP contribution is 2.33. The standard InChI is InChI=1S/C16H23N5O3S2/c1-3-4-5-12(14(22)17-13-10-11(2)24-20-13)25-16-19-18-15(26-16)21-6-8-23-9-7-21/h10,12H,3-9H2,1-2H3,(H,17,20,22). The lowest BCUT2D eigenvalue weighted by Gasteiger charge is -2.25. The molecule has 1 atom stereocenters. The summed E-state index contributed by atoms with van der Waals surface area (Å²) in [4.78, 5) is 14.8. The van der Waals surface area contributed by atoms with Crippen molar-refractivity contribution in [2.45, 2.75) is 42.7 Å². The fraction of sp³-hybridized carbons (Fsp3) is 0.625. The van der Waals surface area contributed by atoms with E-state index >= 15 is 0 Å². The van der Waals surface area contributed by atoms with Crippen LogP contribution in [0, 0.1) is 6.92 Å². The van der Waals surface area contributed by atoms with Gasteiger partial charge in [-0.05, 0) is 13.3 Å². The van der Waals surface area contributed by atoms with E-state index in [0.717, 1.165) is 41.8 Å². The summed E-state index contributed by atoms with van der Waals surface area (Å²) in [6.07, 6.45) is 2.77. The molecule has 0 spiro atoms. The fourth-order valence-corrected chi connectivity index (χ4v) is 4.70. The number of thioether (sulfide) groups is 1. The van der Waals surface area contributed by atoms with E-state index in [9.17, 15) is 4.79 Å². The molecule has 1 aliphatic rings. The van der Waals surface area contributed by atoms with Gasteiger partial charge in [-0.3, -0.25) is 4.79 Å². The van der Waals surface area contributed by atoms with Crippen molar-refractivity contribution in [2.24, 2.45) is 0 Å². The average Bonchev–Trinajstić information content (AvgIpc) is 3.28. The predicted octanol–water partition coefficient (Wildman–Crippen LogP) is 2.96. The van der Waals surface area contributed by atoms with Crippen molar-refractivity contribution in [3.8, 4) is 0 Å². The van der Waals surface area contributed by atoms with E-state index in [-0.39, 0.29) is 11.2 Å². The molecule has 8 nitrogen and oxygen atoms in total. The van der Waals surface area contributed by atoms with Gasteiger partial charge in [0.05, 0.1) is 18.5 Å². The molecule has 1 saturated heterocycles. The van der Waals surface area contributed by atoms with E-state index in [1.165, 1.54) is 23.1 Å². The Morgan fingerprint density at radius 1 is 1.42 bits per heavy atom. The smallest absolute Gasteiger partial charge is 0.239 e. The van der Waals surface area contributed by atoms with Gasteiger partial charge in [-0.2, -0.15) is 0 Å². The number of unbranched alkanes of at least 4 members (excludes halogenated alkanes) is 1. The van der Waals surface area contributed by atoms with Gasteiger partial charge in [-0.15, -0.1) is 10.2 Å². The highest BCUT2D eigenvalue weighted by molar-refractivity contribution is 8.02. The maximum atomic E-state index is 12.7. The molecule has 0 aliphatic carbocycles. The maximum absolute atomic E-state index is 12.7. The third-order valence-corrected chi connectivity index (χ3v) is 6.25. The normalized spacial score (nSPS) is 15.8. The second kappa shape index (κ2) is 9.33. The van der Waals surface area contributed by atoms with Crippen LogP contribution in [0.25, 0.3) is 0 Å². The number of hydrogen-bond donors (Lipinski definition) is 1. The SMILES string of the molecule is CCCCC(Sc1nnc(N2CCOCC2)s1)C(=O)Nc1cc(C)on1. The summed E-state index contributed by atoms with van der Waals surface area (Å²) in [7, 11) is 0. The summed E-state index contributed by atoms with van der Waals surface area (Å²) in [5.74, 6) is 1.03. The first-order valence-corrected chi connectivity index (χ1v) is 10.4. The van der Waals surface area contributed by atoms with E-state index in [2.05, 4.69) is 32.5 Å². The van der Waals surface area contributed by atoms with Crippen LogP contribution < -0.4 is 10.2 Å². The highest BCUT2D eigenvalue weighted by atomic mass is 32.2. The number of carbonyl (C=O) groups is 1. The summed E-state index contributed by atoms with van der Waals surface area (Å²) in [5.41, 5.74) is 0. The van der Waals surface area contributed by atoms with E-state index in [4.69, 9.17) is 9.26 Å². The Balaban J connectivity index is 1.63. The lowest BCUT2D eigenvalue weighted by atomic mass is 10.2. The number of amides is 1. The monoisotopic (exact) mass is 397 g/mol. The number of hydrogen-bond acceptors (Lipinski definition) is 9. The number of ether oxygens (including phenoxy) is 1. The first-order valence-electron chi connectivity index (χ1n) is 8.72. The number of aryl methyl sites for hydroxylation is 1. The Morgan fingerprint density at radius 2 is 2.23 bits per heavy atom. The molecule has 26 heavy (non-hydrogen) atoms. The number of nitrogens with zero attached hydrogens (tertiary/aromatic N) is 4. The van der Waals surface area contributed by atoms with Crippen LogP contribution in [0.15, 0.2) is 14.9 Å². The molecule has 10 heteroatoms. The third-order valence-electron chi connectivity index (χ3n) is 3.91. The maximum Gasteiger partial charge on any atom is 0.239 e. The first-order chi connectivity index (χ1) is 12.7. The number of morpholine rings is 1. The summed E-state index contributed by atoms with van der Waals surface area (Å²) in [6, 6.07) is 1.71. The topological polar surface area (TPSA) is 93.4 Å². The van der Waals surface area contributed by atoms with Gasteiger partial charge in [0.25, 0.3) is 0 Å². The van der Waals surface area contributed by atoms with Gasteiger partial charge in [0.2, 0.25) is 11.0 Å². The molecule has 1 aliphatic heterocycles. The molecule has 1 unspecified atom stereocenters. The zero-order valence-corrected chi connectivity index (χ0v) is 16.6. The molecule has 0 saturated carbocycles. The zero-order valence-electron chi connectivity index (χ0n) is 14.9. The summed E-state index contributed by atoms with van der Waals surface area (Å²) in [6.45, 7) is 6.97. The molecule has 3 rings (SSSR count). The molecule has 2 aromatic rings. The van der Waals surface area contributed by atoms with Crippen LogP contribution in [0.2, 0.25) is 0 Å². The largest absolute Gasteiger partial charge is 0.378 e. The summed E-state index contributed by atoms with van der Waals surface area (Å²) >= 11 is 2.99. The van der Waals surface area contributed by atoms with Crippen molar-refractivity contribution >= 4 is 40.0 Å². The summed E-state index contributed by atoms with van der Waals surface area (Å²) in [5, 5.41) is 15.9. The lowest BCUT2D eigenvalue weighted by molar-refractivity contribution is -0.115. The van der Waals surface area contributed by atoms with Gasteiger partial charge in [0.1, 0.15) is 5.76 Å². The van der Waals surface area contributed by atoms with Gasteiger partial charge in [0.15, 0.2) is 10.2 Å². The molecule has 0 radical (unpaired) electrons. The van der Waals surface area contributed by atoms with E-state index in [1.54, 1.807) is 13.0 Å². The van der Waals surface area contributed by atoms with Crippen molar-refractivity contribution in [3.05, 3.63) is 11.8 Å². The third kappa shape index (κ3) is 5.18. The molecule has 142 valence electrons. The van der Waals surface area contributed by atoms with Crippen LogP contribution >= 0.6 is 23.1 Å². The lowest BCUT2D eigenvalue weighted by Crippen LogP contribution is -2.36. The number of carbonyl (C=O) groups excluding carboxylic acids is 1. The van der Waals surface area contributed by atoms with Crippen LogP contribution in [-0.2, 0) is 9.53 Å². The van der Waals surface area contributed by atoms with E-state index in [0.29, 0.717) is 24.8 Å². The van der Waals surface area contributed by atoms with Gasteiger partial charge < -0.3 is 19.5 Å². The van der Waals surface area contributed by atoms with Gasteiger partial charge in [-0.1, -0.05) is 48.0 Å². The molecule has 2 aromatic heterocycles. The average molecular weight is 398 g/mol. The molecular weight excluding hydrogens is 374 g/mol. The summed E-state index contributed by atoms with van der Waals surface area (Å²) < 4.78 is 11.2. The van der Waals surface area contributed by atoms with Crippen LogP contribution in [0.4, 0.5) is 10.9 Å². The van der Waals surface area contributed by atoms with Gasteiger partial charge >= 0.3 is 0 Å². The second-order valence-corrected chi connectivity index (χ2v) is 8.42. The molecule has 1 N–H and O–H groups in total. The highest BCUT2D eigenvalue weighted by Gasteiger charge is 2.24. The first kappa shape index (κ1) is 19.1. The van der Waals surface area contributed by atoms with E-state index < -0.39 is 0 Å². The van der Waals surface area contributed by atoms with Gasteiger partial charge in [0, 0.05) is 19.2 Å². The fourth-order valence-electron chi connectivity index (χ4n) is 2.52. The van der Waals surface area contributed by atoms with Crippen molar-refractivity contribution < 1.29 is 14.1 Å². The number of rotatable bonds is 8. The van der Waals surface area contributed by atoms with Crippen LogP contribution in [0.5, 0.6) is 0 Å². The number of anilines is 2. The minimum Gasteiger partial charge on any atom is -0.378 e. The van der Waals surface area contributed by atoms with Crippen molar-refractivity contribution in [1.82, 2.24) is 15.4 Å². The van der Waals surface area contributed by atoms with Crippen LogP contribution in [-0.4, -0.2) is 52.8 Å². The van der Waals surface area contributed by atoms with Crippen molar-refractivity contribution in [2.75, 3.05) is 36.5 Å². The second-order valence-electron chi connectivity index (χ2n) is 6.01. The number of nitrogens with one attached hydrogen (secondary N) is 1. The molecule has 1 amide bonds. The van der Waals surface area contributed by atoms with Crippen LogP contribution in [0.1, 0.15) is 31.9 Å². The van der Waals surface area contributed by atoms with E-state index in [1.807, 2.05) is 0 Å². The molecule has 0 bridgehead atoms. The Kier molecular flexibility index (Phi) is 6.86. The predicted molar refractivity (Wildman–Crippen MR) is 102 cm³/mol. The Labute approximate surface area is 160 Å². The minimum absolute atomic E-state index is 0.0835. The molecule has 0 aromatic carbocycles. The molecular formula is C16H23N5O3S2.